The molecule has 0 amide bonds. The Labute approximate surface area is 102 Å². The fourth-order valence-electron chi connectivity index (χ4n) is 1.67. The molecule has 0 aliphatic rings. The van der Waals surface area contributed by atoms with Crippen molar-refractivity contribution in [3.05, 3.63) is 63.8 Å². The smallest absolute Gasteiger partial charge is 0.341 e. The van der Waals surface area contributed by atoms with Crippen LogP contribution in [0, 0.1) is 12.7 Å². The first-order valence-electron chi connectivity index (χ1n) is 5.21. The molecular weight excluding hydrogens is 237 g/mol. The summed E-state index contributed by atoms with van der Waals surface area (Å²) in [5.74, 6) is -1.66. The van der Waals surface area contributed by atoms with Crippen LogP contribution in [0.15, 0.2) is 41.3 Å². The Bertz CT molecular complexity index is 659. The molecule has 0 fully saturated rings. The highest BCUT2D eigenvalue weighted by Gasteiger charge is 2.11. The third kappa shape index (κ3) is 2.15. The van der Waals surface area contributed by atoms with Crippen molar-refractivity contribution < 1.29 is 14.3 Å². The molecule has 0 aliphatic carbocycles. The second kappa shape index (κ2) is 4.44. The molecule has 2 rings (SSSR count). The van der Waals surface area contributed by atoms with Gasteiger partial charge in [-0.2, -0.15) is 0 Å². The molecule has 1 aromatic carbocycles. The molecule has 0 aliphatic heterocycles. The van der Waals surface area contributed by atoms with Crippen molar-refractivity contribution in [2.75, 3.05) is 0 Å². The average Bonchev–Trinajstić information content (AvgIpc) is 2.30. The van der Waals surface area contributed by atoms with Crippen molar-refractivity contribution in [3.63, 3.8) is 0 Å². The van der Waals surface area contributed by atoms with E-state index >= 15 is 0 Å². The van der Waals surface area contributed by atoms with Gasteiger partial charge in [-0.05, 0) is 31.2 Å². The summed E-state index contributed by atoms with van der Waals surface area (Å²) in [6, 6.07) is 6.81. The zero-order valence-corrected chi connectivity index (χ0v) is 9.55. The van der Waals surface area contributed by atoms with Gasteiger partial charge in [0.15, 0.2) is 5.43 Å². The molecule has 0 spiro atoms. The summed E-state index contributed by atoms with van der Waals surface area (Å²) in [6.07, 6.45) is 1.24. The quantitative estimate of drug-likeness (QED) is 0.882. The van der Waals surface area contributed by atoms with Crippen molar-refractivity contribution in [1.82, 2.24) is 4.57 Å². The topological polar surface area (TPSA) is 59.3 Å². The maximum atomic E-state index is 12.8. The van der Waals surface area contributed by atoms with Crippen LogP contribution < -0.4 is 5.43 Å². The lowest BCUT2D eigenvalue weighted by atomic mass is 10.2. The average molecular weight is 247 g/mol. The summed E-state index contributed by atoms with van der Waals surface area (Å²) in [5.41, 5.74) is 0.316. The Balaban J connectivity index is 2.64. The van der Waals surface area contributed by atoms with E-state index in [-0.39, 0.29) is 11.4 Å². The molecule has 4 nitrogen and oxygen atoms in total. The molecule has 0 saturated heterocycles. The summed E-state index contributed by atoms with van der Waals surface area (Å²) in [7, 11) is 0. The minimum absolute atomic E-state index is 0.315. The number of hydrogen-bond donors (Lipinski definition) is 1. The summed E-state index contributed by atoms with van der Waals surface area (Å²) in [4.78, 5) is 22.4. The Morgan fingerprint density at radius 3 is 2.44 bits per heavy atom. The van der Waals surface area contributed by atoms with Gasteiger partial charge in [-0.15, -0.1) is 0 Å². The lowest BCUT2D eigenvalue weighted by Crippen LogP contribution is -2.18. The maximum absolute atomic E-state index is 12.8. The van der Waals surface area contributed by atoms with E-state index in [4.69, 9.17) is 5.11 Å². The molecule has 0 saturated carbocycles. The highest BCUT2D eigenvalue weighted by atomic mass is 19.1. The van der Waals surface area contributed by atoms with Crippen LogP contribution in [-0.4, -0.2) is 15.6 Å². The molecule has 18 heavy (non-hydrogen) atoms. The van der Waals surface area contributed by atoms with E-state index in [9.17, 15) is 14.0 Å². The molecule has 0 radical (unpaired) electrons. The number of nitrogens with zero attached hydrogens (tertiary/aromatic N) is 1. The van der Waals surface area contributed by atoms with Gasteiger partial charge in [-0.3, -0.25) is 4.79 Å². The van der Waals surface area contributed by atoms with Gasteiger partial charge in [0, 0.05) is 23.6 Å². The summed E-state index contributed by atoms with van der Waals surface area (Å²) < 4.78 is 14.4. The summed E-state index contributed by atoms with van der Waals surface area (Å²) >= 11 is 0. The molecule has 1 heterocycles. The number of aryl methyl sites for hydroxylation is 1. The Kier molecular flexibility index (Phi) is 2.97. The van der Waals surface area contributed by atoms with E-state index in [2.05, 4.69) is 0 Å². The van der Waals surface area contributed by atoms with Gasteiger partial charge in [0.2, 0.25) is 0 Å². The third-order valence-corrected chi connectivity index (χ3v) is 2.58. The van der Waals surface area contributed by atoms with Crippen molar-refractivity contribution in [1.29, 1.82) is 0 Å². The first-order chi connectivity index (χ1) is 8.49. The molecule has 92 valence electrons. The fourth-order valence-corrected chi connectivity index (χ4v) is 1.67. The molecule has 1 aromatic heterocycles. The Morgan fingerprint density at radius 1 is 1.28 bits per heavy atom. The lowest BCUT2D eigenvalue weighted by molar-refractivity contribution is 0.0695. The van der Waals surface area contributed by atoms with Crippen molar-refractivity contribution in [2.45, 2.75) is 6.92 Å². The Hall–Kier alpha value is -2.43. The predicted molar refractivity (Wildman–Crippen MR) is 63.7 cm³/mol. The van der Waals surface area contributed by atoms with E-state index < -0.39 is 11.4 Å². The minimum Gasteiger partial charge on any atom is -0.477 e. The monoisotopic (exact) mass is 247 g/mol. The van der Waals surface area contributed by atoms with E-state index in [1.54, 1.807) is 6.92 Å². The standard InChI is InChI=1S/C13H10FNO3/c1-8-6-12(16)11(13(17)18)7-15(8)10-4-2-9(14)3-5-10/h2-7H,1H3,(H,17,18). The van der Waals surface area contributed by atoms with Gasteiger partial charge in [0.05, 0.1) is 0 Å². The second-order valence-corrected chi connectivity index (χ2v) is 3.84. The van der Waals surface area contributed by atoms with Gasteiger partial charge in [-0.25, -0.2) is 9.18 Å². The number of halogens is 1. The number of carbonyl (C=O) groups is 1. The first-order valence-corrected chi connectivity index (χ1v) is 5.21. The second-order valence-electron chi connectivity index (χ2n) is 3.84. The first kappa shape index (κ1) is 12.0. The number of carboxylic acid groups (broad SMARTS) is 1. The van der Waals surface area contributed by atoms with Crippen LogP contribution in [0.25, 0.3) is 5.69 Å². The molecule has 0 bridgehead atoms. The molecule has 0 atom stereocenters. The third-order valence-electron chi connectivity index (χ3n) is 2.58. The number of aromatic carboxylic acids is 1. The van der Waals surface area contributed by atoms with Gasteiger partial charge in [0.25, 0.3) is 0 Å². The van der Waals surface area contributed by atoms with Gasteiger partial charge >= 0.3 is 5.97 Å². The van der Waals surface area contributed by atoms with Crippen LogP contribution in [-0.2, 0) is 0 Å². The van der Waals surface area contributed by atoms with E-state index in [0.717, 1.165) is 0 Å². The van der Waals surface area contributed by atoms with Gasteiger partial charge in [-0.1, -0.05) is 0 Å². The van der Waals surface area contributed by atoms with Crippen LogP contribution >= 0.6 is 0 Å². The van der Waals surface area contributed by atoms with Crippen LogP contribution in [0.5, 0.6) is 0 Å². The molecule has 2 aromatic rings. The molecule has 1 N–H and O–H groups in total. The fraction of sp³-hybridized carbons (Fsp3) is 0.0769. The zero-order chi connectivity index (χ0) is 13.3. The molecule has 5 heteroatoms. The van der Waals surface area contributed by atoms with Crippen LogP contribution in [0.3, 0.4) is 0 Å². The lowest BCUT2D eigenvalue weighted by Gasteiger charge is -2.11. The van der Waals surface area contributed by atoms with Gasteiger partial charge < -0.3 is 9.67 Å². The Morgan fingerprint density at radius 2 is 1.89 bits per heavy atom. The summed E-state index contributed by atoms with van der Waals surface area (Å²) in [5, 5.41) is 8.90. The molecular formula is C13H10FNO3. The number of rotatable bonds is 2. The van der Waals surface area contributed by atoms with Crippen molar-refractivity contribution >= 4 is 5.97 Å². The number of hydrogen-bond acceptors (Lipinski definition) is 2. The SMILES string of the molecule is Cc1cc(=O)c(C(=O)O)cn1-c1ccc(F)cc1. The predicted octanol–water partition coefficient (Wildman–Crippen LogP) is 1.98. The number of benzene rings is 1. The van der Waals surface area contributed by atoms with E-state index in [1.165, 1.54) is 41.1 Å². The van der Waals surface area contributed by atoms with Crippen molar-refractivity contribution in [2.24, 2.45) is 0 Å². The molecule has 0 unspecified atom stereocenters. The summed E-state index contributed by atoms with van der Waals surface area (Å²) in [6.45, 7) is 1.68. The number of carboxylic acids is 1. The van der Waals surface area contributed by atoms with E-state index in [1.807, 2.05) is 0 Å². The number of pyridine rings is 1. The largest absolute Gasteiger partial charge is 0.477 e. The minimum atomic E-state index is -1.28. The number of aromatic nitrogens is 1. The highest BCUT2D eigenvalue weighted by Crippen LogP contribution is 2.12. The normalized spacial score (nSPS) is 10.3. The maximum Gasteiger partial charge on any atom is 0.341 e. The van der Waals surface area contributed by atoms with Crippen LogP contribution in [0.4, 0.5) is 4.39 Å². The highest BCUT2D eigenvalue weighted by molar-refractivity contribution is 5.87. The van der Waals surface area contributed by atoms with Gasteiger partial charge in [0.1, 0.15) is 11.4 Å². The van der Waals surface area contributed by atoms with Crippen LogP contribution in [0.1, 0.15) is 16.1 Å². The van der Waals surface area contributed by atoms with Crippen LogP contribution in [0.2, 0.25) is 0 Å². The van der Waals surface area contributed by atoms with Crippen molar-refractivity contribution in [3.8, 4) is 5.69 Å². The van der Waals surface area contributed by atoms with E-state index in [0.29, 0.717) is 11.4 Å². The zero-order valence-electron chi connectivity index (χ0n) is 9.55.